The number of nitrogens with two attached hydrogens (primary N) is 2. The van der Waals surface area contributed by atoms with Crippen LogP contribution in [0.3, 0.4) is 0 Å². The molecule has 8 N–H and O–H groups in total. The largest absolute Gasteiger partial charge is 0.481 e. The van der Waals surface area contributed by atoms with E-state index in [0.29, 0.717) is 38.8 Å². The van der Waals surface area contributed by atoms with Gasteiger partial charge in [0.15, 0.2) is 0 Å². The number of benzene rings is 2. The topological polar surface area (TPSA) is 226 Å². The first-order chi connectivity index (χ1) is 27.9. The van der Waals surface area contributed by atoms with Crippen molar-refractivity contribution in [2.75, 3.05) is 39.4 Å². The number of carbonyl (C=O) groups excluding carboxylic acids is 2. The highest BCUT2D eigenvalue weighted by molar-refractivity contribution is 5.78. The van der Waals surface area contributed by atoms with Gasteiger partial charge in [0.2, 0.25) is 0 Å². The minimum Gasteiger partial charge on any atom is -0.481 e. The maximum absolute atomic E-state index is 12.1. The number of carboxylic acid groups (broad SMARTS) is 2. The van der Waals surface area contributed by atoms with E-state index in [-0.39, 0.29) is 57.6 Å². The molecule has 6 atom stereocenters. The van der Waals surface area contributed by atoms with Crippen molar-refractivity contribution >= 4 is 24.1 Å². The number of aliphatic hydroxyl groups excluding tert-OH is 2. The van der Waals surface area contributed by atoms with Crippen LogP contribution in [0.1, 0.15) is 112 Å². The molecule has 0 aromatic heterocycles. The molecule has 4 rings (SSSR count). The Bertz CT molecular complexity index is 1520. The van der Waals surface area contributed by atoms with Crippen molar-refractivity contribution in [3.05, 3.63) is 97.1 Å². The fraction of sp³-hybridized carbons (Fsp3) is 0.574. The van der Waals surface area contributed by atoms with Gasteiger partial charge in [0, 0.05) is 26.2 Å². The fourth-order valence-electron chi connectivity index (χ4n) is 6.68. The van der Waals surface area contributed by atoms with E-state index in [4.69, 9.17) is 31.2 Å². The number of carbonyl (C=O) groups is 4. The van der Waals surface area contributed by atoms with Crippen molar-refractivity contribution in [2.45, 2.75) is 112 Å². The third kappa shape index (κ3) is 18.0. The van der Waals surface area contributed by atoms with E-state index in [1.165, 1.54) is 9.80 Å². The maximum atomic E-state index is 12.1. The van der Waals surface area contributed by atoms with Crippen LogP contribution >= 0.6 is 0 Å². The summed E-state index contributed by atoms with van der Waals surface area (Å²) in [5, 5.41) is 36.5. The highest BCUT2D eigenvalue weighted by Crippen LogP contribution is 2.40. The Labute approximate surface area is 364 Å². The van der Waals surface area contributed by atoms with E-state index < -0.39 is 46.2 Å². The molecule has 4 unspecified atom stereocenters. The van der Waals surface area contributed by atoms with Crippen molar-refractivity contribution in [2.24, 2.45) is 34.1 Å². The van der Waals surface area contributed by atoms with Crippen molar-refractivity contribution in [1.82, 2.24) is 9.80 Å². The molecule has 0 radical (unpaired) electrons. The Hall–Kier alpha value is -4.76. The molecule has 2 heterocycles. The fourth-order valence-corrected chi connectivity index (χ4v) is 6.68. The summed E-state index contributed by atoms with van der Waals surface area (Å²) >= 11 is 0. The molecule has 0 aliphatic carbocycles. The van der Waals surface area contributed by atoms with Crippen molar-refractivity contribution in [3.63, 3.8) is 0 Å². The zero-order valence-electron chi connectivity index (χ0n) is 37.0. The second-order valence-corrected chi connectivity index (χ2v) is 17.4. The quantitative estimate of drug-likeness (QED) is 0.126. The van der Waals surface area contributed by atoms with Crippen LogP contribution in [0.25, 0.3) is 0 Å². The number of hydrogen-bond acceptors (Lipinski definition) is 10. The molecule has 61 heavy (non-hydrogen) atoms. The molecule has 0 bridgehead atoms. The van der Waals surface area contributed by atoms with Gasteiger partial charge in [-0.3, -0.25) is 9.59 Å². The van der Waals surface area contributed by atoms with Crippen LogP contribution < -0.4 is 11.5 Å². The van der Waals surface area contributed by atoms with E-state index in [1.54, 1.807) is 53.7 Å². The predicted octanol–water partition coefficient (Wildman–Crippen LogP) is 7.81. The van der Waals surface area contributed by atoms with Crippen LogP contribution in [-0.4, -0.2) is 105 Å². The Morgan fingerprint density at radius 3 is 1.20 bits per heavy atom. The number of ether oxygens (including phenoxy) is 2. The Kier molecular flexibility index (Phi) is 23.9. The molecular formula is C47H76N4O10. The van der Waals surface area contributed by atoms with Gasteiger partial charge in [-0.05, 0) is 90.2 Å². The second kappa shape index (κ2) is 25.9. The van der Waals surface area contributed by atoms with Crippen LogP contribution in [0.15, 0.2) is 86.0 Å². The van der Waals surface area contributed by atoms with Gasteiger partial charge in [0.05, 0.1) is 36.1 Å². The van der Waals surface area contributed by atoms with Gasteiger partial charge in [-0.15, -0.1) is 13.2 Å². The molecule has 0 spiro atoms. The first kappa shape index (κ1) is 56.2. The maximum Gasteiger partial charge on any atom is 0.410 e. The molecule has 14 heteroatoms. The smallest absolute Gasteiger partial charge is 0.410 e. The van der Waals surface area contributed by atoms with E-state index in [1.807, 2.05) is 74.5 Å². The van der Waals surface area contributed by atoms with Gasteiger partial charge in [-0.1, -0.05) is 94.1 Å². The second-order valence-electron chi connectivity index (χ2n) is 17.4. The van der Waals surface area contributed by atoms with Gasteiger partial charge in [-0.25, -0.2) is 9.59 Å². The molecule has 2 aromatic rings. The average molecular weight is 857 g/mol. The number of likely N-dealkylation sites (tertiary alicyclic amines) is 2. The summed E-state index contributed by atoms with van der Waals surface area (Å²) in [5.74, 6) is -2.16. The van der Waals surface area contributed by atoms with E-state index in [9.17, 15) is 29.4 Å². The van der Waals surface area contributed by atoms with Crippen LogP contribution in [-0.2, 0) is 19.1 Å². The molecule has 2 aliphatic rings. The number of carboxylic acids is 2. The Morgan fingerprint density at radius 2 is 0.967 bits per heavy atom. The SMILES string of the molecule is C.C=CC(C)C1(C(=O)O)CCCN(C(=O)OC(C)(C)C)C1.C=CC(C)C1(C(=O)O)CCCN(C(=O)OC(C)(C)C)C1.N[C@H](CO)c1ccccc1.N[C@H](CO)c1ccccc1. The predicted molar refractivity (Wildman–Crippen MR) is 241 cm³/mol. The summed E-state index contributed by atoms with van der Waals surface area (Å²) in [6.45, 7) is 23.3. The number of aliphatic hydroxyl groups is 2. The van der Waals surface area contributed by atoms with Gasteiger partial charge >= 0.3 is 24.1 Å². The number of piperidine rings is 2. The third-order valence-electron chi connectivity index (χ3n) is 10.5. The minimum absolute atomic E-state index is 0. The van der Waals surface area contributed by atoms with Crippen molar-refractivity contribution in [3.8, 4) is 0 Å². The average Bonchev–Trinajstić information content (AvgIpc) is 3.22. The highest BCUT2D eigenvalue weighted by atomic mass is 16.6. The number of amides is 2. The van der Waals surface area contributed by atoms with Crippen molar-refractivity contribution in [1.29, 1.82) is 0 Å². The molecule has 2 aliphatic heterocycles. The third-order valence-corrected chi connectivity index (χ3v) is 10.5. The number of allylic oxidation sites excluding steroid dienone is 2. The molecule has 14 nitrogen and oxygen atoms in total. The van der Waals surface area contributed by atoms with Gasteiger partial charge < -0.3 is 51.2 Å². The summed E-state index contributed by atoms with van der Waals surface area (Å²) in [6, 6.07) is 18.6. The van der Waals surface area contributed by atoms with Crippen LogP contribution in [0, 0.1) is 22.7 Å². The standard InChI is InChI=1S/2C15H25NO4.2C8H11NO.CH4/c2*1-6-11(2)15(12(17)18)8-7-9-16(10-15)13(19)20-14(3,4)5;2*9-8(6-10)7-4-2-1-3-5-7;/h2*6,11H,1,7-10H2,2-5H3,(H,17,18);2*1-5,8,10H,6,9H2;1H4/t;;2*8-;/m..11./s1. The first-order valence-corrected chi connectivity index (χ1v) is 20.4. The summed E-state index contributed by atoms with van der Waals surface area (Å²) < 4.78 is 10.7. The van der Waals surface area contributed by atoms with E-state index in [0.717, 1.165) is 11.1 Å². The van der Waals surface area contributed by atoms with Gasteiger partial charge in [0.1, 0.15) is 11.2 Å². The number of nitrogens with zero attached hydrogens (tertiary/aromatic N) is 2. The minimum atomic E-state index is -0.961. The molecule has 2 fully saturated rings. The van der Waals surface area contributed by atoms with Crippen molar-refractivity contribution < 1.29 is 49.1 Å². The van der Waals surface area contributed by atoms with Crippen LogP contribution in [0.4, 0.5) is 9.59 Å². The number of rotatable bonds is 10. The molecule has 0 saturated carbocycles. The Morgan fingerprint density at radius 1 is 0.672 bits per heavy atom. The first-order valence-electron chi connectivity index (χ1n) is 20.4. The monoisotopic (exact) mass is 857 g/mol. The summed E-state index contributed by atoms with van der Waals surface area (Å²) in [7, 11) is 0. The zero-order chi connectivity index (χ0) is 45.9. The van der Waals surface area contributed by atoms with Crippen LogP contribution in [0.2, 0.25) is 0 Å². The van der Waals surface area contributed by atoms with E-state index in [2.05, 4.69) is 13.2 Å². The lowest BCUT2D eigenvalue weighted by molar-refractivity contribution is -0.156. The molecule has 2 aromatic carbocycles. The Balaban J connectivity index is 0.000000821. The number of hydrogen-bond donors (Lipinski definition) is 6. The van der Waals surface area contributed by atoms with Gasteiger partial charge in [0.25, 0.3) is 0 Å². The lowest BCUT2D eigenvalue weighted by atomic mass is 9.70. The molecular weight excluding hydrogens is 781 g/mol. The molecule has 2 amide bonds. The normalized spacial score (nSPS) is 20.6. The highest BCUT2D eigenvalue weighted by Gasteiger charge is 2.48. The summed E-state index contributed by atoms with van der Waals surface area (Å²) in [5.41, 5.74) is 9.96. The lowest BCUT2D eigenvalue weighted by Crippen LogP contribution is -2.53. The van der Waals surface area contributed by atoms with E-state index >= 15 is 0 Å². The zero-order valence-corrected chi connectivity index (χ0v) is 37.0. The summed E-state index contributed by atoms with van der Waals surface area (Å²) in [4.78, 5) is 50.7. The summed E-state index contributed by atoms with van der Waals surface area (Å²) in [6.07, 6.45) is 4.81. The lowest BCUT2D eigenvalue weighted by Gasteiger charge is -2.42. The molecule has 344 valence electrons. The number of aliphatic carboxylic acids is 2. The van der Waals surface area contributed by atoms with Crippen LogP contribution in [0.5, 0.6) is 0 Å². The molecule has 2 saturated heterocycles. The van der Waals surface area contributed by atoms with Gasteiger partial charge in [-0.2, -0.15) is 0 Å².